The normalized spacial score (nSPS) is 10.4. The summed E-state index contributed by atoms with van der Waals surface area (Å²) >= 11 is 0. The van der Waals surface area contributed by atoms with E-state index in [-0.39, 0.29) is 17.2 Å². The Balaban J connectivity index is 2.04. The van der Waals surface area contributed by atoms with E-state index in [4.69, 9.17) is 4.74 Å². The van der Waals surface area contributed by atoms with E-state index >= 15 is 0 Å². The van der Waals surface area contributed by atoms with Crippen LogP contribution in [-0.4, -0.2) is 33.7 Å². The molecule has 0 saturated heterocycles. The SMILES string of the molecule is CCCCCCOc1ccc(NC(=O)Nc2nc(C)cc(=O)[nH]2)c(C(=O)O)c1. The van der Waals surface area contributed by atoms with Gasteiger partial charge >= 0.3 is 12.0 Å². The van der Waals surface area contributed by atoms with E-state index in [1.807, 2.05) is 0 Å². The molecule has 0 fully saturated rings. The zero-order valence-corrected chi connectivity index (χ0v) is 15.9. The van der Waals surface area contributed by atoms with Crippen LogP contribution in [0.1, 0.15) is 48.7 Å². The summed E-state index contributed by atoms with van der Waals surface area (Å²) in [5.74, 6) is -0.815. The number of carbonyl (C=O) groups is 2. The third-order valence-corrected chi connectivity index (χ3v) is 3.84. The summed E-state index contributed by atoms with van der Waals surface area (Å²) < 4.78 is 5.58. The van der Waals surface area contributed by atoms with E-state index < -0.39 is 17.6 Å². The van der Waals surface area contributed by atoms with Crippen LogP contribution in [0.4, 0.5) is 16.4 Å². The van der Waals surface area contributed by atoms with Gasteiger partial charge < -0.3 is 15.2 Å². The molecule has 1 aromatic heterocycles. The molecule has 0 saturated carbocycles. The molecular weight excluding hydrogens is 364 g/mol. The number of aryl methyl sites for hydroxylation is 1. The second-order valence-electron chi connectivity index (χ2n) is 6.24. The number of carboxylic acids is 1. The van der Waals surface area contributed by atoms with Crippen LogP contribution in [-0.2, 0) is 0 Å². The van der Waals surface area contributed by atoms with Gasteiger partial charge in [-0.2, -0.15) is 0 Å². The van der Waals surface area contributed by atoms with E-state index in [2.05, 4.69) is 27.5 Å². The Bertz CT molecular complexity index is 894. The number of carbonyl (C=O) groups excluding carboxylic acids is 1. The molecule has 4 N–H and O–H groups in total. The van der Waals surface area contributed by atoms with E-state index in [0.717, 1.165) is 25.7 Å². The Morgan fingerprint density at radius 1 is 1.18 bits per heavy atom. The number of anilines is 2. The predicted octanol–water partition coefficient (Wildman–Crippen LogP) is 3.38. The minimum atomic E-state index is -1.20. The minimum absolute atomic E-state index is 0.0357. The molecule has 2 aromatic rings. The van der Waals surface area contributed by atoms with Crippen LogP contribution in [0, 0.1) is 6.92 Å². The number of amides is 2. The fourth-order valence-corrected chi connectivity index (χ4v) is 2.52. The summed E-state index contributed by atoms with van der Waals surface area (Å²) in [6.07, 6.45) is 4.19. The number of aromatic carboxylic acids is 1. The second-order valence-corrected chi connectivity index (χ2v) is 6.24. The molecule has 0 aliphatic heterocycles. The van der Waals surface area contributed by atoms with Crippen molar-refractivity contribution in [2.24, 2.45) is 0 Å². The molecule has 0 aliphatic rings. The van der Waals surface area contributed by atoms with Crippen molar-refractivity contribution >= 4 is 23.6 Å². The quantitative estimate of drug-likeness (QED) is 0.487. The van der Waals surface area contributed by atoms with Crippen LogP contribution in [0.25, 0.3) is 0 Å². The van der Waals surface area contributed by atoms with Gasteiger partial charge in [0.15, 0.2) is 0 Å². The number of aromatic amines is 1. The molecule has 2 rings (SSSR count). The number of unbranched alkanes of at least 4 members (excludes halogenated alkanes) is 3. The molecule has 2 amide bonds. The molecule has 28 heavy (non-hydrogen) atoms. The maximum atomic E-state index is 12.1. The standard InChI is InChI=1S/C19H24N4O5/c1-3-4-5-6-9-28-13-7-8-15(14(11-13)17(25)26)21-19(27)23-18-20-12(2)10-16(24)22-18/h7-8,10-11H,3-6,9H2,1-2H3,(H,25,26)(H3,20,21,22,23,24,27). The number of hydrogen-bond acceptors (Lipinski definition) is 5. The van der Waals surface area contributed by atoms with Crippen LogP contribution < -0.4 is 20.9 Å². The Morgan fingerprint density at radius 2 is 1.96 bits per heavy atom. The Kier molecular flexibility index (Phi) is 7.55. The minimum Gasteiger partial charge on any atom is -0.494 e. The fourth-order valence-electron chi connectivity index (χ4n) is 2.52. The summed E-state index contributed by atoms with van der Waals surface area (Å²) in [7, 11) is 0. The first-order valence-electron chi connectivity index (χ1n) is 9.05. The third kappa shape index (κ3) is 6.42. The number of carboxylic acid groups (broad SMARTS) is 1. The molecule has 9 nitrogen and oxygen atoms in total. The maximum Gasteiger partial charge on any atom is 0.337 e. The molecule has 0 bridgehead atoms. The highest BCUT2D eigenvalue weighted by atomic mass is 16.5. The van der Waals surface area contributed by atoms with Gasteiger partial charge in [0, 0.05) is 11.8 Å². The lowest BCUT2D eigenvalue weighted by molar-refractivity contribution is 0.0697. The van der Waals surface area contributed by atoms with E-state index in [1.165, 1.54) is 18.2 Å². The Labute approximate surface area is 162 Å². The Morgan fingerprint density at radius 3 is 2.64 bits per heavy atom. The lowest BCUT2D eigenvalue weighted by Crippen LogP contribution is -2.24. The average molecular weight is 388 g/mol. The van der Waals surface area contributed by atoms with Crippen molar-refractivity contribution in [1.29, 1.82) is 0 Å². The molecule has 0 atom stereocenters. The van der Waals surface area contributed by atoms with Crippen LogP contribution in [0.15, 0.2) is 29.1 Å². The molecule has 1 aromatic carbocycles. The Hall–Kier alpha value is -3.36. The third-order valence-electron chi connectivity index (χ3n) is 3.84. The van der Waals surface area contributed by atoms with Crippen molar-refractivity contribution in [3.05, 3.63) is 45.9 Å². The van der Waals surface area contributed by atoms with Crippen LogP contribution in [0.5, 0.6) is 5.75 Å². The number of urea groups is 1. The predicted molar refractivity (Wildman–Crippen MR) is 105 cm³/mol. The van der Waals surface area contributed by atoms with Crippen LogP contribution in [0.2, 0.25) is 0 Å². The molecule has 1 heterocycles. The van der Waals surface area contributed by atoms with Crippen molar-refractivity contribution < 1.29 is 19.4 Å². The van der Waals surface area contributed by atoms with Gasteiger partial charge in [0.2, 0.25) is 5.95 Å². The fraction of sp³-hybridized carbons (Fsp3) is 0.368. The van der Waals surface area contributed by atoms with Crippen molar-refractivity contribution in [2.45, 2.75) is 39.5 Å². The van der Waals surface area contributed by atoms with Crippen molar-refractivity contribution in [1.82, 2.24) is 9.97 Å². The number of rotatable bonds is 9. The van der Waals surface area contributed by atoms with E-state index in [9.17, 15) is 19.5 Å². The summed E-state index contributed by atoms with van der Waals surface area (Å²) in [6.45, 7) is 4.23. The first-order chi connectivity index (χ1) is 13.4. The zero-order chi connectivity index (χ0) is 20.5. The van der Waals surface area contributed by atoms with E-state index in [0.29, 0.717) is 18.1 Å². The summed E-state index contributed by atoms with van der Waals surface area (Å²) in [6, 6.07) is 4.97. The van der Waals surface area contributed by atoms with Gasteiger partial charge in [-0.1, -0.05) is 26.2 Å². The smallest absolute Gasteiger partial charge is 0.337 e. The second kappa shape index (κ2) is 10.1. The van der Waals surface area contributed by atoms with E-state index in [1.54, 1.807) is 13.0 Å². The first kappa shape index (κ1) is 20.9. The van der Waals surface area contributed by atoms with Gasteiger partial charge in [0.25, 0.3) is 5.56 Å². The van der Waals surface area contributed by atoms with Gasteiger partial charge in [0.1, 0.15) is 5.75 Å². The topological polar surface area (TPSA) is 133 Å². The number of ether oxygens (including phenoxy) is 1. The van der Waals surface area contributed by atoms with Crippen molar-refractivity contribution in [3.63, 3.8) is 0 Å². The van der Waals surface area contributed by atoms with Crippen LogP contribution >= 0.6 is 0 Å². The number of H-pyrrole nitrogens is 1. The number of nitrogens with one attached hydrogen (secondary N) is 3. The average Bonchev–Trinajstić information content (AvgIpc) is 2.61. The largest absolute Gasteiger partial charge is 0.494 e. The number of benzene rings is 1. The van der Waals surface area contributed by atoms with Gasteiger partial charge in [-0.15, -0.1) is 0 Å². The molecule has 0 radical (unpaired) electrons. The highest BCUT2D eigenvalue weighted by Gasteiger charge is 2.15. The first-order valence-corrected chi connectivity index (χ1v) is 9.05. The van der Waals surface area contributed by atoms with Gasteiger partial charge in [0.05, 0.1) is 17.9 Å². The zero-order valence-electron chi connectivity index (χ0n) is 15.9. The van der Waals surface area contributed by atoms with Crippen LogP contribution in [0.3, 0.4) is 0 Å². The molecule has 150 valence electrons. The van der Waals surface area contributed by atoms with Gasteiger partial charge in [-0.3, -0.25) is 15.1 Å². The summed E-state index contributed by atoms with van der Waals surface area (Å²) in [5.41, 5.74) is 0.0189. The van der Waals surface area contributed by atoms with Gasteiger partial charge in [-0.25, -0.2) is 14.6 Å². The molecule has 0 aliphatic carbocycles. The van der Waals surface area contributed by atoms with Crippen molar-refractivity contribution in [3.8, 4) is 5.75 Å². The van der Waals surface area contributed by atoms with Gasteiger partial charge in [-0.05, 0) is 31.5 Å². The monoisotopic (exact) mass is 388 g/mol. The molecule has 9 heteroatoms. The molecule has 0 unspecified atom stereocenters. The number of aromatic nitrogens is 2. The molecule has 0 spiro atoms. The lowest BCUT2D eigenvalue weighted by Gasteiger charge is -2.12. The molecular formula is C19H24N4O5. The highest BCUT2D eigenvalue weighted by Crippen LogP contribution is 2.23. The summed E-state index contributed by atoms with van der Waals surface area (Å²) in [4.78, 5) is 41.4. The van der Waals surface area contributed by atoms with Crippen molar-refractivity contribution in [2.75, 3.05) is 17.2 Å². The summed E-state index contributed by atoms with van der Waals surface area (Å²) in [5, 5.41) is 14.2. The number of nitrogens with zero attached hydrogens (tertiary/aromatic N) is 1. The maximum absolute atomic E-state index is 12.1. The highest BCUT2D eigenvalue weighted by molar-refractivity contribution is 6.04. The number of hydrogen-bond donors (Lipinski definition) is 4. The lowest BCUT2D eigenvalue weighted by atomic mass is 10.1.